The van der Waals surface area contributed by atoms with Crippen molar-refractivity contribution in [3.63, 3.8) is 0 Å². The molecule has 0 saturated heterocycles. The van der Waals surface area contributed by atoms with Gasteiger partial charge in [-0.25, -0.2) is 0 Å². The Morgan fingerprint density at radius 3 is 2.15 bits per heavy atom. The van der Waals surface area contributed by atoms with Gasteiger partial charge in [-0.1, -0.05) is 26.0 Å². The van der Waals surface area contributed by atoms with E-state index in [0.717, 1.165) is 12.8 Å². The van der Waals surface area contributed by atoms with E-state index in [9.17, 15) is 0 Å². The molecule has 0 amide bonds. The molecule has 0 spiro atoms. The summed E-state index contributed by atoms with van der Waals surface area (Å²) in [6, 6.07) is 0. The van der Waals surface area contributed by atoms with Crippen molar-refractivity contribution in [2.75, 3.05) is 13.1 Å². The number of nitrogens with zero attached hydrogens (tertiary/aromatic N) is 1. The molecule has 0 aliphatic heterocycles. The largest absolute Gasteiger partial charge is 0.378 e. The standard InChI is InChI=1S/C12H23N/c1-4-7-8-9-12-13(10-5-2)11-6-3/h4,9,12H,1,5-8,10-11H2,2-3H3/b12-9+. The highest BCUT2D eigenvalue weighted by Crippen LogP contribution is 1.98. The third-order valence-electron chi connectivity index (χ3n) is 1.88. The quantitative estimate of drug-likeness (QED) is 0.408. The molecule has 76 valence electrons. The molecular weight excluding hydrogens is 158 g/mol. The van der Waals surface area contributed by atoms with Crippen LogP contribution in [0.15, 0.2) is 24.9 Å². The predicted molar refractivity (Wildman–Crippen MR) is 60.7 cm³/mol. The topological polar surface area (TPSA) is 3.24 Å². The van der Waals surface area contributed by atoms with Gasteiger partial charge in [0.2, 0.25) is 0 Å². The minimum atomic E-state index is 1.09. The van der Waals surface area contributed by atoms with Crippen molar-refractivity contribution in [2.45, 2.75) is 39.5 Å². The molecule has 0 N–H and O–H groups in total. The van der Waals surface area contributed by atoms with Gasteiger partial charge in [-0.05, 0) is 31.9 Å². The van der Waals surface area contributed by atoms with Gasteiger partial charge < -0.3 is 4.90 Å². The first-order valence-corrected chi connectivity index (χ1v) is 5.36. The number of hydrogen-bond donors (Lipinski definition) is 0. The molecule has 13 heavy (non-hydrogen) atoms. The van der Waals surface area contributed by atoms with Gasteiger partial charge in [-0.3, -0.25) is 0 Å². The van der Waals surface area contributed by atoms with Crippen LogP contribution in [0.2, 0.25) is 0 Å². The van der Waals surface area contributed by atoms with Gasteiger partial charge in [-0.2, -0.15) is 0 Å². The lowest BCUT2D eigenvalue weighted by Gasteiger charge is -2.18. The molecule has 0 aliphatic rings. The second-order valence-electron chi connectivity index (χ2n) is 3.29. The van der Waals surface area contributed by atoms with Crippen molar-refractivity contribution >= 4 is 0 Å². The van der Waals surface area contributed by atoms with Crippen LogP contribution in [0.4, 0.5) is 0 Å². The molecular formula is C12H23N. The zero-order valence-corrected chi connectivity index (χ0v) is 9.13. The van der Waals surface area contributed by atoms with Crippen molar-refractivity contribution in [1.29, 1.82) is 0 Å². The molecule has 0 aromatic rings. The fourth-order valence-electron chi connectivity index (χ4n) is 1.27. The summed E-state index contributed by atoms with van der Waals surface area (Å²) in [6.07, 6.45) is 11.1. The average Bonchev–Trinajstić information content (AvgIpc) is 2.13. The summed E-state index contributed by atoms with van der Waals surface area (Å²) in [5.41, 5.74) is 0. The summed E-state index contributed by atoms with van der Waals surface area (Å²) >= 11 is 0. The van der Waals surface area contributed by atoms with Gasteiger partial charge in [0.15, 0.2) is 0 Å². The summed E-state index contributed by atoms with van der Waals surface area (Å²) in [5.74, 6) is 0. The fourth-order valence-corrected chi connectivity index (χ4v) is 1.27. The van der Waals surface area contributed by atoms with Crippen molar-refractivity contribution < 1.29 is 0 Å². The van der Waals surface area contributed by atoms with Crippen molar-refractivity contribution in [2.24, 2.45) is 0 Å². The highest BCUT2D eigenvalue weighted by molar-refractivity contribution is 4.84. The summed E-state index contributed by atoms with van der Waals surface area (Å²) in [7, 11) is 0. The van der Waals surface area contributed by atoms with Gasteiger partial charge >= 0.3 is 0 Å². The third kappa shape index (κ3) is 7.63. The van der Waals surface area contributed by atoms with Crippen LogP contribution in [0.3, 0.4) is 0 Å². The molecule has 0 rings (SSSR count). The van der Waals surface area contributed by atoms with Gasteiger partial charge in [0.05, 0.1) is 0 Å². The number of allylic oxidation sites excluding steroid dienone is 2. The van der Waals surface area contributed by atoms with Crippen LogP contribution in [-0.2, 0) is 0 Å². The van der Waals surface area contributed by atoms with E-state index in [-0.39, 0.29) is 0 Å². The maximum Gasteiger partial charge on any atom is 0.0169 e. The number of rotatable bonds is 8. The van der Waals surface area contributed by atoms with Crippen LogP contribution in [0.25, 0.3) is 0 Å². The second kappa shape index (κ2) is 9.37. The Hall–Kier alpha value is -0.720. The Kier molecular flexibility index (Phi) is 8.85. The van der Waals surface area contributed by atoms with Crippen LogP contribution < -0.4 is 0 Å². The van der Waals surface area contributed by atoms with Crippen molar-refractivity contribution in [3.8, 4) is 0 Å². The van der Waals surface area contributed by atoms with E-state index in [1.54, 1.807) is 0 Å². The highest BCUT2D eigenvalue weighted by atomic mass is 15.1. The fraction of sp³-hybridized carbons (Fsp3) is 0.667. The Bertz CT molecular complexity index is 132. The van der Waals surface area contributed by atoms with Crippen LogP contribution >= 0.6 is 0 Å². The zero-order chi connectivity index (χ0) is 9.94. The van der Waals surface area contributed by atoms with Crippen molar-refractivity contribution in [1.82, 2.24) is 4.90 Å². The lowest BCUT2D eigenvalue weighted by molar-refractivity contribution is 0.374. The lowest BCUT2D eigenvalue weighted by atomic mass is 10.3. The van der Waals surface area contributed by atoms with E-state index < -0.39 is 0 Å². The molecule has 0 fully saturated rings. The van der Waals surface area contributed by atoms with Crippen LogP contribution in [0.1, 0.15) is 39.5 Å². The zero-order valence-electron chi connectivity index (χ0n) is 9.13. The third-order valence-corrected chi connectivity index (χ3v) is 1.88. The number of hydrogen-bond acceptors (Lipinski definition) is 1. The maximum absolute atomic E-state index is 3.70. The van der Waals surface area contributed by atoms with Gasteiger partial charge in [0, 0.05) is 13.1 Å². The molecule has 1 heteroatoms. The van der Waals surface area contributed by atoms with E-state index in [4.69, 9.17) is 0 Å². The first-order chi connectivity index (χ1) is 6.35. The molecule has 0 radical (unpaired) electrons. The number of unbranched alkanes of at least 4 members (excludes halogenated alkanes) is 1. The Morgan fingerprint density at radius 1 is 1.08 bits per heavy atom. The molecule has 0 heterocycles. The minimum absolute atomic E-state index is 1.09. The van der Waals surface area contributed by atoms with Crippen LogP contribution in [-0.4, -0.2) is 18.0 Å². The van der Waals surface area contributed by atoms with Gasteiger partial charge in [0.1, 0.15) is 0 Å². The Labute approximate surface area is 83.1 Å². The Balaban J connectivity index is 3.64. The monoisotopic (exact) mass is 181 g/mol. The molecule has 0 atom stereocenters. The van der Waals surface area contributed by atoms with E-state index in [0.29, 0.717) is 0 Å². The summed E-state index contributed by atoms with van der Waals surface area (Å²) < 4.78 is 0. The van der Waals surface area contributed by atoms with E-state index in [1.165, 1.54) is 25.9 Å². The van der Waals surface area contributed by atoms with Crippen LogP contribution in [0.5, 0.6) is 0 Å². The maximum atomic E-state index is 3.70. The van der Waals surface area contributed by atoms with Gasteiger partial charge in [0.25, 0.3) is 0 Å². The van der Waals surface area contributed by atoms with Crippen molar-refractivity contribution in [3.05, 3.63) is 24.9 Å². The predicted octanol–water partition coefficient (Wildman–Crippen LogP) is 3.59. The first kappa shape index (κ1) is 12.3. The van der Waals surface area contributed by atoms with Gasteiger partial charge in [-0.15, -0.1) is 6.58 Å². The lowest BCUT2D eigenvalue weighted by Crippen LogP contribution is -2.18. The van der Waals surface area contributed by atoms with E-state index in [2.05, 4.69) is 37.6 Å². The molecule has 0 bridgehead atoms. The van der Waals surface area contributed by atoms with Crippen LogP contribution in [0, 0.1) is 0 Å². The van der Waals surface area contributed by atoms with E-state index in [1.807, 2.05) is 6.08 Å². The minimum Gasteiger partial charge on any atom is -0.378 e. The second-order valence-corrected chi connectivity index (χ2v) is 3.29. The van der Waals surface area contributed by atoms with E-state index >= 15 is 0 Å². The molecule has 0 saturated carbocycles. The Morgan fingerprint density at radius 2 is 1.69 bits per heavy atom. The SMILES string of the molecule is C=CCC/C=C/N(CCC)CCC. The molecule has 0 aromatic heterocycles. The molecule has 0 aliphatic carbocycles. The highest BCUT2D eigenvalue weighted by Gasteiger charge is 1.93. The summed E-state index contributed by atoms with van der Waals surface area (Å²) in [6.45, 7) is 10.5. The average molecular weight is 181 g/mol. The normalized spacial score (nSPS) is 10.6. The summed E-state index contributed by atoms with van der Waals surface area (Å²) in [4.78, 5) is 2.39. The first-order valence-electron chi connectivity index (χ1n) is 5.36. The smallest absolute Gasteiger partial charge is 0.0169 e. The molecule has 1 nitrogen and oxygen atoms in total. The molecule has 0 aromatic carbocycles. The summed E-state index contributed by atoms with van der Waals surface area (Å²) in [5, 5.41) is 0. The molecule has 0 unspecified atom stereocenters.